The van der Waals surface area contributed by atoms with Crippen LogP contribution in [0.3, 0.4) is 0 Å². The van der Waals surface area contributed by atoms with Crippen LogP contribution >= 0.6 is 15.9 Å². The van der Waals surface area contributed by atoms with E-state index < -0.39 is 0 Å². The summed E-state index contributed by atoms with van der Waals surface area (Å²) in [5.74, 6) is 0.586. The number of nitrogen functional groups attached to an aromatic ring is 1. The fourth-order valence-electron chi connectivity index (χ4n) is 2.03. The van der Waals surface area contributed by atoms with Crippen molar-refractivity contribution in [1.29, 1.82) is 5.26 Å². The average Bonchev–Trinajstić information content (AvgIpc) is 2.50. The number of benzene rings is 2. The van der Waals surface area contributed by atoms with Crippen LogP contribution in [0.2, 0.25) is 0 Å². The van der Waals surface area contributed by atoms with Gasteiger partial charge < -0.3 is 15.8 Å². The van der Waals surface area contributed by atoms with Crippen LogP contribution in [-0.4, -0.2) is 13.7 Å². The molecular formula is C16H16BrN3O. The summed E-state index contributed by atoms with van der Waals surface area (Å²) in [5, 5.41) is 12.2. The molecule has 2 aromatic rings. The highest BCUT2D eigenvalue weighted by Gasteiger charge is 2.09. The first-order valence-electron chi connectivity index (χ1n) is 6.50. The highest BCUT2D eigenvalue weighted by Crippen LogP contribution is 2.32. The molecule has 0 bridgehead atoms. The number of rotatable bonds is 5. The fraction of sp³-hybridized carbons (Fsp3) is 0.188. The van der Waals surface area contributed by atoms with Crippen molar-refractivity contribution < 1.29 is 4.74 Å². The van der Waals surface area contributed by atoms with Crippen molar-refractivity contribution in [2.45, 2.75) is 6.42 Å². The molecule has 0 unspecified atom stereocenters. The third-order valence-electron chi connectivity index (χ3n) is 3.11. The van der Waals surface area contributed by atoms with E-state index in [4.69, 9.17) is 15.7 Å². The molecule has 0 amide bonds. The smallest absolute Gasteiger partial charge is 0.145 e. The van der Waals surface area contributed by atoms with Gasteiger partial charge in [-0.1, -0.05) is 28.1 Å². The van der Waals surface area contributed by atoms with E-state index in [-0.39, 0.29) is 0 Å². The number of hydrogen-bond donors (Lipinski definition) is 2. The Kier molecular flexibility index (Phi) is 5.07. The molecule has 21 heavy (non-hydrogen) atoms. The lowest BCUT2D eigenvalue weighted by molar-refractivity contribution is 0.416. The number of ether oxygens (including phenoxy) is 1. The summed E-state index contributed by atoms with van der Waals surface area (Å²) in [6.07, 6.45) is 0.871. The Hall–Kier alpha value is -2.19. The third-order valence-corrected chi connectivity index (χ3v) is 3.64. The molecule has 0 aromatic heterocycles. The molecule has 5 heteroatoms. The van der Waals surface area contributed by atoms with Crippen molar-refractivity contribution in [3.63, 3.8) is 0 Å². The predicted octanol–water partition coefficient (Wildman–Crippen LogP) is 3.57. The number of hydrogen-bond acceptors (Lipinski definition) is 4. The fourth-order valence-corrected chi connectivity index (χ4v) is 2.30. The van der Waals surface area contributed by atoms with Crippen LogP contribution in [0.5, 0.6) is 5.75 Å². The molecule has 0 heterocycles. The van der Waals surface area contributed by atoms with Gasteiger partial charge in [0.05, 0.1) is 24.4 Å². The van der Waals surface area contributed by atoms with Gasteiger partial charge >= 0.3 is 0 Å². The first kappa shape index (κ1) is 15.2. The first-order chi connectivity index (χ1) is 10.1. The van der Waals surface area contributed by atoms with Crippen LogP contribution in [0.1, 0.15) is 11.1 Å². The van der Waals surface area contributed by atoms with Gasteiger partial charge in [-0.25, -0.2) is 0 Å². The highest BCUT2D eigenvalue weighted by molar-refractivity contribution is 9.10. The minimum Gasteiger partial charge on any atom is -0.494 e. The van der Waals surface area contributed by atoms with E-state index in [9.17, 15) is 0 Å². The van der Waals surface area contributed by atoms with E-state index >= 15 is 0 Å². The molecule has 0 saturated heterocycles. The zero-order valence-corrected chi connectivity index (χ0v) is 13.3. The minimum absolute atomic E-state index is 0.489. The van der Waals surface area contributed by atoms with Crippen molar-refractivity contribution in [1.82, 2.24) is 0 Å². The van der Waals surface area contributed by atoms with Gasteiger partial charge in [0, 0.05) is 17.1 Å². The van der Waals surface area contributed by atoms with E-state index in [0.717, 1.165) is 23.1 Å². The van der Waals surface area contributed by atoms with Crippen molar-refractivity contribution >= 4 is 27.3 Å². The van der Waals surface area contributed by atoms with Crippen LogP contribution < -0.4 is 15.8 Å². The van der Waals surface area contributed by atoms with Crippen molar-refractivity contribution in [2.24, 2.45) is 0 Å². The van der Waals surface area contributed by atoms with Crippen LogP contribution in [0.4, 0.5) is 11.4 Å². The number of methoxy groups -OCH3 is 1. The molecule has 0 radical (unpaired) electrons. The molecule has 108 valence electrons. The molecule has 0 spiro atoms. The Balaban J connectivity index is 2.06. The second-order valence-electron chi connectivity index (χ2n) is 4.56. The number of nitriles is 1. The van der Waals surface area contributed by atoms with Gasteiger partial charge in [-0.3, -0.25) is 0 Å². The van der Waals surface area contributed by atoms with Gasteiger partial charge in [0.25, 0.3) is 0 Å². The number of anilines is 2. The summed E-state index contributed by atoms with van der Waals surface area (Å²) in [4.78, 5) is 0. The van der Waals surface area contributed by atoms with E-state index in [1.165, 1.54) is 5.56 Å². The van der Waals surface area contributed by atoms with Crippen molar-refractivity contribution in [2.75, 3.05) is 24.7 Å². The van der Waals surface area contributed by atoms with Gasteiger partial charge in [0.2, 0.25) is 0 Å². The van der Waals surface area contributed by atoms with Gasteiger partial charge in [-0.2, -0.15) is 5.26 Å². The van der Waals surface area contributed by atoms with E-state index in [2.05, 4.69) is 39.4 Å². The molecule has 0 aliphatic rings. The number of nitrogens with one attached hydrogen (secondary N) is 1. The molecule has 0 fully saturated rings. The van der Waals surface area contributed by atoms with E-state index in [1.54, 1.807) is 19.2 Å². The summed E-state index contributed by atoms with van der Waals surface area (Å²) < 4.78 is 6.35. The predicted molar refractivity (Wildman–Crippen MR) is 88.5 cm³/mol. The molecule has 0 saturated carbocycles. The average molecular weight is 346 g/mol. The van der Waals surface area contributed by atoms with E-state index in [0.29, 0.717) is 17.0 Å². The molecule has 0 aliphatic heterocycles. The van der Waals surface area contributed by atoms with Gasteiger partial charge in [-0.15, -0.1) is 0 Å². The lowest BCUT2D eigenvalue weighted by atomic mass is 10.1. The Morgan fingerprint density at radius 3 is 2.62 bits per heavy atom. The van der Waals surface area contributed by atoms with Crippen LogP contribution in [0.25, 0.3) is 0 Å². The molecule has 3 N–H and O–H groups in total. The summed E-state index contributed by atoms with van der Waals surface area (Å²) in [5.41, 5.74) is 8.94. The number of nitrogens with zero attached hydrogens (tertiary/aromatic N) is 1. The summed E-state index contributed by atoms with van der Waals surface area (Å²) in [6, 6.07) is 13.6. The number of halogens is 1. The summed E-state index contributed by atoms with van der Waals surface area (Å²) in [7, 11) is 1.57. The Morgan fingerprint density at radius 1 is 1.29 bits per heavy atom. The lowest BCUT2D eigenvalue weighted by Crippen LogP contribution is -2.08. The Labute approximate surface area is 132 Å². The first-order valence-corrected chi connectivity index (χ1v) is 7.29. The maximum atomic E-state index is 8.93. The van der Waals surface area contributed by atoms with Crippen LogP contribution in [0, 0.1) is 11.3 Å². The van der Waals surface area contributed by atoms with Crippen LogP contribution in [-0.2, 0) is 6.42 Å². The Morgan fingerprint density at radius 2 is 2.00 bits per heavy atom. The van der Waals surface area contributed by atoms with Crippen molar-refractivity contribution in [3.05, 3.63) is 52.0 Å². The molecule has 0 atom stereocenters. The summed E-state index contributed by atoms with van der Waals surface area (Å²) in [6.45, 7) is 0.730. The zero-order chi connectivity index (χ0) is 15.2. The SMILES string of the molecule is COc1cc(C#N)cc(N)c1NCCc1ccc(Br)cc1. The monoisotopic (exact) mass is 345 g/mol. The number of nitrogens with two attached hydrogens (primary N) is 1. The molecule has 4 nitrogen and oxygen atoms in total. The van der Waals surface area contributed by atoms with Gasteiger partial charge in [0.15, 0.2) is 0 Å². The molecular weight excluding hydrogens is 330 g/mol. The second kappa shape index (κ2) is 7.00. The normalized spacial score (nSPS) is 9.95. The van der Waals surface area contributed by atoms with Gasteiger partial charge in [0.1, 0.15) is 11.4 Å². The zero-order valence-electron chi connectivity index (χ0n) is 11.7. The minimum atomic E-state index is 0.489. The molecule has 0 aliphatic carbocycles. The van der Waals surface area contributed by atoms with Crippen LogP contribution in [0.15, 0.2) is 40.9 Å². The maximum absolute atomic E-state index is 8.93. The lowest BCUT2D eigenvalue weighted by Gasteiger charge is -2.14. The highest BCUT2D eigenvalue weighted by atomic mass is 79.9. The summed E-state index contributed by atoms with van der Waals surface area (Å²) >= 11 is 3.42. The van der Waals surface area contributed by atoms with Crippen molar-refractivity contribution in [3.8, 4) is 11.8 Å². The molecule has 2 rings (SSSR count). The third kappa shape index (κ3) is 3.89. The quantitative estimate of drug-likeness (QED) is 0.812. The second-order valence-corrected chi connectivity index (χ2v) is 5.47. The largest absolute Gasteiger partial charge is 0.494 e. The maximum Gasteiger partial charge on any atom is 0.145 e. The topological polar surface area (TPSA) is 71.1 Å². The standard InChI is InChI=1S/C16H16BrN3O/c1-21-15-9-12(10-18)8-14(19)16(15)20-7-6-11-2-4-13(17)5-3-11/h2-5,8-9,20H,6-7,19H2,1H3. The Bertz CT molecular complexity index is 662. The molecule has 2 aromatic carbocycles. The van der Waals surface area contributed by atoms with Gasteiger partial charge in [-0.05, 0) is 30.2 Å². The van der Waals surface area contributed by atoms with E-state index in [1.807, 2.05) is 12.1 Å².